The summed E-state index contributed by atoms with van der Waals surface area (Å²) in [6.07, 6.45) is 0.876. The predicted octanol–water partition coefficient (Wildman–Crippen LogP) is 2.47. The van der Waals surface area contributed by atoms with E-state index < -0.39 is 44.7 Å². The number of carboxylic acids is 1. The first kappa shape index (κ1) is 23.8. The Hall–Kier alpha value is -3.90. The molecule has 3 rings (SSSR count). The van der Waals surface area contributed by atoms with E-state index in [1.807, 2.05) is 0 Å². The van der Waals surface area contributed by atoms with Crippen molar-refractivity contribution in [3.8, 4) is 11.4 Å². The van der Waals surface area contributed by atoms with Crippen LogP contribution in [0.1, 0.15) is 11.9 Å². The summed E-state index contributed by atoms with van der Waals surface area (Å²) in [7, 11) is -3.43. The largest absolute Gasteiger partial charge is 0.478 e. The first-order valence-corrected chi connectivity index (χ1v) is 10.7. The first-order valence-electron chi connectivity index (χ1n) is 9.28. The Morgan fingerprint density at radius 3 is 2.30 bits per heavy atom. The van der Waals surface area contributed by atoms with Crippen molar-refractivity contribution in [1.82, 2.24) is 14.3 Å². The number of aromatic nitrogens is 2. The van der Waals surface area contributed by atoms with Gasteiger partial charge in [-0.05, 0) is 19.2 Å². The summed E-state index contributed by atoms with van der Waals surface area (Å²) in [6, 6.07) is 10.6. The second-order valence-electron chi connectivity index (χ2n) is 6.48. The maximum Gasteiger partial charge on any atom is 0.332 e. The highest BCUT2D eigenvalue weighted by Gasteiger charge is 2.31. The third-order valence-electron chi connectivity index (χ3n) is 4.29. The number of ether oxygens (including phenoxy) is 1. The van der Waals surface area contributed by atoms with Gasteiger partial charge in [0.25, 0.3) is 10.0 Å². The van der Waals surface area contributed by atoms with E-state index in [9.17, 15) is 26.8 Å². The van der Waals surface area contributed by atoms with Gasteiger partial charge < -0.3 is 9.84 Å². The van der Waals surface area contributed by atoms with Crippen LogP contribution in [-0.2, 0) is 24.3 Å². The smallest absolute Gasteiger partial charge is 0.332 e. The van der Waals surface area contributed by atoms with E-state index in [2.05, 4.69) is 10.3 Å². The number of rotatable bonds is 8. The summed E-state index contributed by atoms with van der Waals surface area (Å²) in [5, 5.41) is 11.2. The van der Waals surface area contributed by atoms with Crippen LogP contribution >= 0.6 is 0 Å². The Kier molecular flexibility index (Phi) is 6.99. The zero-order valence-electron chi connectivity index (χ0n) is 17.0. The van der Waals surface area contributed by atoms with Crippen LogP contribution < -0.4 is 5.32 Å². The van der Waals surface area contributed by atoms with Gasteiger partial charge in [0.1, 0.15) is 17.3 Å². The van der Waals surface area contributed by atoms with E-state index in [-0.39, 0.29) is 11.5 Å². The standard InChI is InChI=1S/C21H17F2N3O6S/c1-24-21(32-18(29)11-10-17(27)28)16-12-26(20(25-16)13-6-3-2-4-7-13)33(30,31)19-14(22)8-5-9-15(19)23/h2-12,21,24H,1H3,(H,27,28)/b11-10+. The molecule has 172 valence electrons. The number of benzene rings is 2. The summed E-state index contributed by atoms with van der Waals surface area (Å²) in [5.74, 6) is -5.19. The third kappa shape index (κ3) is 5.13. The molecule has 0 aliphatic heterocycles. The summed E-state index contributed by atoms with van der Waals surface area (Å²) in [5.41, 5.74) is 0.185. The van der Waals surface area contributed by atoms with E-state index in [1.165, 1.54) is 19.2 Å². The topological polar surface area (TPSA) is 128 Å². The van der Waals surface area contributed by atoms with E-state index in [0.29, 0.717) is 21.7 Å². The lowest BCUT2D eigenvalue weighted by atomic mass is 10.2. The fourth-order valence-electron chi connectivity index (χ4n) is 2.86. The SMILES string of the molecule is CNC(OC(=O)/C=C/C(=O)O)c1cn(S(=O)(=O)c2c(F)cccc2F)c(-c2ccccc2)n1. The minimum atomic E-state index is -4.81. The maximum atomic E-state index is 14.3. The third-order valence-corrected chi connectivity index (χ3v) is 5.99. The zero-order valence-corrected chi connectivity index (χ0v) is 17.8. The Morgan fingerprint density at radius 1 is 1.09 bits per heavy atom. The van der Waals surface area contributed by atoms with Gasteiger partial charge in [0.2, 0.25) is 0 Å². The lowest BCUT2D eigenvalue weighted by Gasteiger charge is -2.13. The number of imidazole rings is 1. The van der Waals surface area contributed by atoms with Gasteiger partial charge in [0.05, 0.1) is 0 Å². The van der Waals surface area contributed by atoms with E-state index in [0.717, 1.165) is 24.4 Å². The Balaban J connectivity index is 2.14. The van der Waals surface area contributed by atoms with Crippen LogP contribution in [0.2, 0.25) is 0 Å². The number of nitrogens with one attached hydrogen (secondary N) is 1. The van der Waals surface area contributed by atoms with Gasteiger partial charge in [-0.2, -0.15) is 0 Å². The summed E-state index contributed by atoms with van der Waals surface area (Å²) >= 11 is 0. The fraction of sp³-hybridized carbons (Fsp3) is 0.0952. The number of carboxylic acid groups (broad SMARTS) is 1. The molecule has 1 atom stereocenters. The number of carbonyl (C=O) groups excluding carboxylic acids is 1. The monoisotopic (exact) mass is 477 g/mol. The normalized spacial score (nSPS) is 12.6. The molecule has 0 fully saturated rings. The molecule has 0 radical (unpaired) electrons. The number of esters is 1. The highest BCUT2D eigenvalue weighted by Crippen LogP contribution is 2.29. The second kappa shape index (κ2) is 9.71. The lowest BCUT2D eigenvalue weighted by molar-refractivity contribution is -0.145. The molecule has 0 saturated carbocycles. The van der Waals surface area contributed by atoms with Gasteiger partial charge in [0.15, 0.2) is 16.9 Å². The number of carbonyl (C=O) groups is 2. The van der Waals surface area contributed by atoms with Crippen molar-refractivity contribution >= 4 is 22.0 Å². The van der Waals surface area contributed by atoms with Gasteiger partial charge in [-0.25, -0.2) is 35.7 Å². The first-order chi connectivity index (χ1) is 15.6. The zero-order chi connectivity index (χ0) is 24.2. The molecule has 9 nitrogen and oxygen atoms in total. The van der Waals surface area contributed by atoms with Crippen LogP contribution in [0.25, 0.3) is 11.4 Å². The Bertz CT molecular complexity index is 1300. The molecule has 1 heterocycles. The Morgan fingerprint density at radius 2 is 1.73 bits per heavy atom. The molecule has 3 aromatic rings. The van der Waals surface area contributed by atoms with Crippen molar-refractivity contribution in [2.75, 3.05) is 7.05 Å². The molecule has 2 N–H and O–H groups in total. The molecule has 1 unspecified atom stereocenters. The number of hydrogen-bond acceptors (Lipinski definition) is 7. The number of hydrogen-bond donors (Lipinski definition) is 2. The molecule has 33 heavy (non-hydrogen) atoms. The molecule has 0 aliphatic rings. The molecule has 0 spiro atoms. The van der Waals surface area contributed by atoms with Crippen molar-refractivity contribution < 1.29 is 36.6 Å². The van der Waals surface area contributed by atoms with Crippen LogP contribution in [0.15, 0.2) is 71.8 Å². The van der Waals surface area contributed by atoms with Crippen molar-refractivity contribution in [2.24, 2.45) is 0 Å². The quantitative estimate of drug-likeness (QED) is 0.288. The minimum absolute atomic E-state index is 0.117. The van der Waals surface area contributed by atoms with Crippen molar-refractivity contribution in [2.45, 2.75) is 11.1 Å². The summed E-state index contributed by atoms with van der Waals surface area (Å²) in [4.78, 5) is 25.5. The highest BCUT2D eigenvalue weighted by molar-refractivity contribution is 7.90. The molecule has 12 heteroatoms. The number of halogens is 2. The van der Waals surface area contributed by atoms with Crippen LogP contribution in [-0.4, -0.2) is 41.5 Å². The van der Waals surface area contributed by atoms with Crippen molar-refractivity contribution in [1.29, 1.82) is 0 Å². The second-order valence-corrected chi connectivity index (χ2v) is 8.24. The molecule has 1 aromatic heterocycles. The fourth-order valence-corrected chi connectivity index (χ4v) is 4.31. The number of aliphatic carboxylic acids is 1. The van der Waals surface area contributed by atoms with Gasteiger partial charge in [-0.1, -0.05) is 36.4 Å². The molecule has 2 aromatic carbocycles. The van der Waals surface area contributed by atoms with E-state index in [4.69, 9.17) is 9.84 Å². The Labute approximate surface area is 187 Å². The van der Waals surface area contributed by atoms with Crippen LogP contribution in [0.4, 0.5) is 8.78 Å². The molecule has 0 bridgehead atoms. The molecular weight excluding hydrogens is 460 g/mol. The van der Waals surface area contributed by atoms with E-state index >= 15 is 0 Å². The van der Waals surface area contributed by atoms with E-state index in [1.54, 1.807) is 18.2 Å². The summed E-state index contributed by atoms with van der Waals surface area (Å²) in [6.45, 7) is 0. The molecular formula is C21H17F2N3O6S. The average Bonchev–Trinajstić information content (AvgIpc) is 3.22. The van der Waals surface area contributed by atoms with Gasteiger partial charge >= 0.3 is 11.9 Å². The summed E-state index contributed by atoms with van der Waals surface area (Å²) < 4.78 is 60.8. The van der Waals surface area contributed by atoms with Gasteiger partial charge in [0, 0.05) is 23.9 Å². The molecule has 0 saturated heterocycles. The minimum Gasteiger partial charge on any atom is -0.478 e. The molecule has 0 amide bonds. The molecule has 0 aliphatic carbocycles. The van der Waals surface area contributed by atoms with Gasteiger partial charge in [-0.3, -0.25) is 5.32 Å². The predicted molar refractivity (Wildman–Crippen MR) is 111 cm³/mol. The average molecular weight is 477 g/mol. The number of nitrogens with zero attached hydrogens (tertiary/aromatic N) is 2. The van der Waals surface area contributed by atoms with Crippen LogP contribution in [0.3, 0.4) is 0 Å². The maximum absolute atomic E-state index is 14.3. The lowest BCUT2D eigenvalue weighted by Crippen LogP contribution is -2.22. The van der Waals surface area contributed by atoms with Crippen LogP contribution in [0.5, 0.6) is 0 Å². The van der Waals surface area contributed by atoms with Crippen LogP contribution in [0, 0.1) is 11.6 Å². The van der Waals surface area contributed by atoms with Crippen molar-refractivity contribution in [3.05, 3.63) is 84.2 Å². The van der Waals surface area contributed by atoms with Crippen molar-refractivity contribution in [3.63, 3.8) is 0 Å². The highest BCUT2D eigenvalue weighted by atomic mass is 32.2. The van der Waals surface area contributed by atoms with Gasteiger partial charge in [-0.15, -0.1) is 0 Å².